The summed E-state index contributed by atoms with van der Waals surface area (Å²) in [4.78, 5) is 7.50. The maximum absolute atomic E-state index is 5.08. The van der Waals surface area contributed by atoms with Gasteiger partial charge in [-0.1, -0.05) is 152 Å². The van der Waals surface area contributed by atoms with Crippen LogP contribution < -0.4 is 4.90 Å². The molecule has 0 unspecified atom stereocenters. The number of anilines is 3. The van der Waals surface area contributed by atoms with Gasteiger partial charge in [-0.2, -0.15) is 0 Å². The van der Waals surface area contributed by atoms with E-state index in [4.69, 9.17) is 4.98 Å². The predicted octanol–water partition coefficient (Wildman–Crippen LogP) is 15.4. The predicted molar refractivity (Wildman–Crippen MR) is 254 cm³/mol. The zero-order valence-electron chi connectivity index (χ0n) is 33.0. The van der Waals surface area contributed by atoms with Crippen molar-refractivity contribution in [1.29, 1.82) is 0 Å². The molecular weight excluding hydrogens is 727 g/mol. The number of hydrogen-bond donors (Lipinski definition) is 0. The molecule has 0 bridgehead atoms. The van der Waals surface area contributed by atoms with Crippen LogP contribution in [-0.2, 0) is 6.42 Å². The Balaban J connectivity index is 1.07. The molecule has 60 heavy (non-hydrogen) atoms. The first-order chi connectivity index (χ1) is 29.8. The van der Waals surface area contributed by atoms with Gasteiger partial charge in [0.1, 0.15) is 5.65 Å². The molecule has 3 nitrogen and oxygen atoms in total. The second-order valence-corrected chi connectivity index (χ2v) is 15.8. The molecule has 0 radical (unpaired) electrons. The highest BCUT2D eigenvalue weighted by atomic mass is 15.1. The fourth-order valence-electron chi connectivity index (χ4n) is 9.88. The summed E-state index contributed by atoms with van der Waals surface area (Å²) in [5.41, 5.74) is 14.4. The smallest absolute Gasteiger partial charge is 0.145 e. The summed E-state index contributed by atoms with van der Waals surface area (Å²) in [7, 11) is 0. The summed E-state index contributed by atoms with van der Waals surface area (Å²) < 4.78 is 2.34. The zero-order valence-corrected chi connectivity index (χ0v) is 33.0. The lowest BCUT2D eigenvalue weighted by Crippen LogP contribution is -2.11. The minimum Gasteiger partial charge on any atom is -0.309 e. The van der Waals surface area contributed by atoms with Crippen molar-refractivity contribution >= 4 is 77.4 Å². The van der Waals surface area contributed by atoms with E-state index in [2.05, 4.69) is 216 Å². The molecule has 2 aromatic heterocycles. The molecule has 0 atom stereocenters. The molecule has 12 rings (SSSR count). The molecule has 0 saturated heterocycles. The topological polar surface area (TPSA) is 21.1 Å². The van der Waals surface area contributed by atoms with Crippen LogP contribution in [0.25, 0.3) is 88.3 Å². The quantitative estimate of drug-likeness (QED) is 0.168. The molecule has 0 fully saturated rings. The lowest BCUT2D eigenvalue weighted by atomic mass is 9.80. The van der Waals surface area contributed by atoms with Crippen molar-refractivity contribution in [1.82, 2.24) is 9.55 Å². The van der Waals surface area contributed by atoms with Crippen LogP contribution in [0.1, 0.15) is 17.5 Å². The molecule has 9 aromatic carbocycles. The van der Waals surface area contributed by atoms with Crippen molar-refractivity contribution in [2.24, 2.45) is 0 Å². The summed E-state index contributed by atoms with van der Waals surface area (Å²) in [6.07, 6.45) is 8.65. The summed E-state index contributed by atoms with van der Waals surface area (Å²) in [6.45, 7) is 0. The third-order valence-electron chi connectivity index (χ3n) is 12.4. The Morgan fingerprint density at radius 1 is 0.467 bits per heavy atom. The number of hydrogen-bond acceptors (Lipinski definition) is 2. The Labute approximate surface area is 348 Å². The third kappa shape index (κ3) is 5.40. The van der Waals surface area contributed by atoms with Crippen LogP contribution in [0, 0.1) is 0 Å². The molecule has 0 N–H and O–H groups in total. The van der Waals surface area contributed by atoms with Crippen molar-refractivity contribution in [3.8, 4) is 27.9 Å². The van der Waals surface area contributed by atoms with E-state index in [1.165, 1.54) is 71.1 Å². The SMILES string of the molecule is C1=Cc2c(c(-c3ccc4c(c3)c3cccnc3n4-c3cccc(N(c4cccc5ccccc45)c4cccc5ccccc45)c3)c3ccccc3c2-c2ccccc2)CC1. The lowest BCUT2D eigenvalue weighted by Gasteiger charge is -2.28. The maximum Gasteiger partial charge on any atom is 0.145 e. The number of allylic oxidation sites excluding steroid dienone is 1. The van der Waals surface area contributed by atoms with E-state index in [1.54, 1.807) is 0 Å². The van der Waals surface area contributed by atoms with E-state index in [0.29, 0.717) is 0 Å². The number of fused-ring (bicyclic) bond motifs is 7. The van der Waals surface area contributed by atoms with Crippen LogP contribution in [-0.4, -0.2) is 9.55 Å². The Morgan fingerprint density at radius 3 is 1.85 bits per heavy atom. The van der Waals surface area contributed by atoms with Gasteiger partial charge in [0.05, 0.1) is 16.9 Å². The van der Waals surface area contributed by atoms with Crippen molar-refractivity contribution in [2.75, 3.05) is 4.90 Å². The molecule has 11 aromatic rings. The average Bonchev–Trinajstić information content (AvgIpc) is 3.65. The number of benzene rings is 9. The molecule has 2 heterocycles. The molecule has 0 saturated carbocycles. The first-order valence-electron chi connectivity index (χ1n) is 20.9. The van der Waals surface area contributed by atoms with Gasteiger partial charge in [-0.3, -0.25) is 4.57 Å². The normalized spacial score (nSPS) is 12.5. The number of rotatable bonds is 6. The van der Waals surface area contributed by atoms with Crippen LogP contribution >= 0.6 is 0 Å². The first-order valence-corrected chi connectivity index (χ1v) is 20.9. The highest BCUT2D eigenvalue weighted by Crippen LogP contribution is 2.47. The Bertz CT molecular complexity index is 3410. The van der Waals surface area contributed by atoms with Crippen LogP contribution in [0.4, 0.5) is 17.1 Å². The molecule has 0 aliphatic heterocycles. The van der Waals surface area contributed by atoms with E-state index >= 15 is 0 Å². The van der Waals surface area contributed by atoms with Gasteiger partial charge in [0.25, 0.3) is 0 Å². The second-order valence-electron chi connectivity index (χ2n) is 15.8. The second kappa shape index (κ2) is 14.0. The fourth-order valence-corrected chi connectivity index (χ4v) is 9.88. The lowest BCUT2D eigenvalue weighted by molar-refractivity contribution is 0.991. The molecule has 0 amide bonds. The van der Waals surface area contributed by atoms with Crippen LogP contribution in [0.3, 0.4) is 0 Å². The fraction of sp³-hybridized carbons (Fsp3) is 0.0351. The zero-order chi connectivity index (χ0) is 39.6. The average molecular weight is 766 g/mol. The van der Waals surface area contributed by atoms with Crippen LogP contribution in [0.5, 0.6) is 0 Å². The van der Waals surface area contributed by atoms with Crippen molar-refractivity contribution in [3.05, 3.63) is 218 Å². The Morgan fingerprint density at radius 2 is 1.10 bits per heavy atom. The van der Waals surface area contributed by atoms with Gasteiger partial charge in [-0.15, -0.1) is 0 Å². The summed E-state index contributed by atoms with van der Waals surface area (Å²) in [5.74, 6) is 0. The largest absolute Gasteiger partial charge is 0.309 e. The number of pyridine rings is 1. The van der Waals surface area contributed by atoms with Gasteiger partial charge in [-0.25, -0.2) is 4.98 Å². The molecule has 1 aliphatic rings. The monoisotopic (exact) mass is 765 g/mol. The van der Waals surface area contributed by atoms with Gasteiger partial charge in [0, 0.05) is 39.1 Å². The molecule has 282 valence electrons. The van der Waals surface area contributed by atoms with Gasteiger partial charge in [0.15, 0.2) is 0 Å². The molecule has 0 spiro atoms. The molecule has 3 heteroatoms. The Hall–Kier alpha value is -7.75. The van der Waals surface area contributed by atoms with Gasteiger partial charge < -0.3 is 4.90 Å². The summed E-state index contributed by atoms with van der Waals surface area (Å²) in [5, 5.41) is 9.72. The number of nitrogens with zero attached hydrogens (tertiary/aromatic N) is 3. The highest BCUT2D eigenvalue weighted by Gasteiger charge is 2.24. The van der Waals surface area contributed by atoms with E-state index in [1.807, 2.05) is 6.20 Å². The highest BCUT2D eigenvalue weighted by molar-refractivity contribution is 6.14. The Kier molecular flexibility index (Phi) is 7.99. The van der Waals surface area contributed by atoms with Crippen molar-refractivity contribution < 1.29 is 0 Å². The minimum absolute atomic E-state index is 0.943. The van der Waals surface area contributed by atoms with Gasteiger partial charge >= 0.3 is 0 Å². The molecular formula is C57H39N3. The van der Waals surface area contributed by atoms with Crippen LogP contribution in [0.15, 0.2) is 206 Å². The van der Waals surface area contributed by atoms with Crippen molar-refractivity contribution in [2.45, 2.75) is 12.8 Å². The first kappa shape index (κ1) is 34.3. The van der Waals surface area contributed by atoms with Gasteiger partial charge in [0.2, 0.25) is 0 Å². The van der Waals surface area contributed by atoms with Crippen molar-refractivity contribution in [3.63, 3.8) is 0 Å². The van der Waals surface area contributed by atoms with E-state index in [-0.39, 0.29) is 0 Å². The van der Waals surface area contributed by atoms with E-state index in [0.717, 1.165) is 52.1 Å². The molecule has 1 aliphatic carbocycles. The third-order valence-corrected chi connectivity index (χ3v) is 12.4. The number of aromatic nitrogens is 2. The standard InChI is InChI=1S/C57H39N3/c1-2-18-40(19-3-1)55-46-26-8-10-28-48(46)56(49-29-11-9-27-47(49)55)41-33-34-54-51(36-41)50-30-15-35-58-57(50)60(54)43-23-14-22-42(37-43)59(52-31-12-20-38-16-4-6-24-44(38)52)53-32-13-21-39-17-5-7-25-45(39)53/h1-10,12-28,30-37H,11,29H2. The van der Waals surface area contributed by atoms with Gasteiger partial charge in [-0.05, 0) is 122 Å². The van der Waals surface area contributed by atoms with E-state index in [9.17, 15) is 0 Å². The minimum atomic E-state index is 0.943. The maximum atomic E-state index is 5.08. The summed E-state index contributed by atoms with van der Waals surface area (Å²) in [6, 6.07) is 70.7. The van der Waals surface area contributed by atoms with E-state index < -0.39 is 0 Å². The summed E-state index contributed by atoms with van der Waals surface area (Å²) >= 11 is 0. The van der Waals surface area contributed by atoms with Crippen LogP contribution in [0.2, 0.25) is 0 Å².